The van der Waals surface area contributed by atoms with Crippen LogP contribution in [-0.4, -0.2) is 0 Å². The summed E-state index contributed by atoms with van der Waals surface area (Å²) in [6.45, 7) is 6.45. The van der Waals surface area contributed by atoms with E-state index < -0.39 is 0 Å². The molecule has 0 fully saturated rings. The number of hydrogen-bond donors (Lipinski definition) is 0. The van der Waals surface area contributed by atoms with Crippen LogP contribution in [0.5, 0.6) is 0 Å². The molecule has 1 aromatic rings. The first-order valence-corrected chi connectivity index (χ1v) is 4.90. The lowest BCUT2D eigenvalue weighted by molar-refractivity contribution is 0.500. The second-order valence-corrected chi connectivity index (χ2v) is 4.31. The summed E-state index contributed by atoms with van der Waals surface area (Å²) in [5.74, 6) is 0.496. The average molecular weight is 174 g/mol. The molecule has 1 nitrogen and oxygen atoms in total. The van der Waals surface area contributed by atoms with Crippen molar-refractivity contribution in [2.75, 3.05) is 0 Å². The maximum atomic E-state index is 8.01. The van der Waals surface area contributed by atoms with Crippen LogP contribution >= 0.6 is 0 Å². The highest BCUT2D eigenvalue weighted by Crippen LogP contribution is 2.37. The second-order valence-electron chi connectivity index (χ2n) is 4.31. The van der Waals surface area contributed by atoms with Crippen LogP contribution in [0, 0.1) is 19.8 Å². The summed E-state index contributed by atoms with van der Waals surface area (Å²) in [6.07, 6.45) is 1.09. The number of nitrogens with one attached hydrogen (secondary N) is 1. The molecule has 1 radical (unpaired) electrons. The zero-order chi connectivity index (χ0) is 9.59. The van der Waals surface area contributed by atoms with E-state index in [9.17, 15) is 0 Å². The molecule has 1 heteroatoms. The molecule has 2 rings (SSSR count). The van der Waals surface area contributed by atoms with Crippen molar-refractivity contribution in [1.82, 2.24) is 5.73 Å². The van der Waals surface area contributed by atoms with Gasteiger partial charge in [0, 0.05) is 6.04 Å². The molecule has 0 amide bonds. The largest absolute Gasteiger partial charge is 0.249 e. The lowest BCUT2D eigenvalue weighted by atomic mass is 10.0. The number of aryl methyl sites for hydroxylation is 2. The number of hydrogen-bond acceptors (Lipinski definition) is 0. The topological polar surface area (TPSA) is 23.8 Å². The molecule has 1 aliphatic rings. The van der Waals surface area contributed by atoms with E-state index in [1.807, 2.05) is 0 Å². The van der Waals surface area contributed by atoms with Crippen molar-refractivity contribution in [3.8, 4) is 0 Å². The molecule has 1 aromatic carbocycles. The van der Waals surface area contributed by atoms with E-state index in [1.165, 1.54) is 22.3 Å². The molecule has 0 saturated heterocycles. The van der Waals surface area contributed by atoms with Gasteiger partial charge in [-0.1, -0.05) is 24.6 Å². The van der Waals surface area contributed by atoms with E-state index in [0.717, 1.165) is 6.42 Å². The van der Waals surface area contributed by atoms with Crippen molar-refractivity contribution in [3.63, 3.8) is 0 Å². The van der Waals surface area contributed by atoms with E-state index in [4.69, 9.17) is 5.73 Å². The van der Waals surface area contributed by atoms with Crippen LogP contribution < -0.4 is 5.73 Å². The van der Waals surface area contributed by atoms with E-state index in [1.54, 1.807) is 0 Å². The summed E-state index contributed by atoms with van der Waals surface area (Å²) in [5, 5.41) is 0. The molecule has 0 heterocycles. The van der Waals surface area contributed by atoms with Gasteiger partial charge in [-0.15, -0.1) is 0 Å². The SMILES string of the molecule is Cc1cc(C)c2c(c1)[C@@H]([NH])[C@H](C)C2. The zero-order valence-electron chi connectivity index (χ0n) is 8.52. The molecule has 0 saturated carbocycles. The quantitative estimate of drug-likeness (QED) is 0.577. The molecule has 2 atom stereocenters. The Balaban J connectivity index is 2.57. The van der Waals surface area contributed by atoms with Gasteiger partial charge in [-0.2, -0.15) is 0 Å². The summed E-state index contributed by atoms with van der Waals surface area (Å²) < 4.78 is 0. The first kappa shape index (κ1) is 8.76. The second kappa shape index (κ2) is 2.85. The van der Waals surface area contributed by atoms with Crippen LogP contribution in [0.1, 0.15) is 35.2 Å². The molecule has 0 bridgehead atoms. The molecule has 0 aliphatic heterocycles. The van der Waals surface area contributed by atoms with Crippen molar-refractivity contribution >= 4 is 0 Å². The maximum absolute atomic E-state index is 8.01. The monoisotopic (exact) mass is 174 g/mol. The normalized spacial score (nSPS) is 26.2. The molecule has 1 N–H and O–H groups in total. The van der Waals surface area contributed by atoms with Crippen molar-refractivity contribution < 1.29 is 0 Å². The van der Waals surface area contributed by atoms with Crippen LogP contribution in [0.25, 0.3) is 0 Å². The highest BCUT2D eigenvalue weighted by atomic mass is 14.7. The molecular formula is C12H16N. The summed E-state index contributed by atoms with van der Waals surface area (Å²) in [7, 11) is 0. The summed E-state index contributed by atoms with van der Waals surface area (Å²) in [5.41, 5.74) is 13.4. The standard InChI is InChI=1S/C12H16N/c1-7-4-8(2)10-6-9(3)12(13)11(10)5-7/h4-5,9,12-13H,6H2,1-3H3/t9-,12+/m1/s1. The third-order valence-electron chi connectivity index (χ3n) is 3.08. The fourth-order valence-electron chi connectivity index (χ4n) is 2.33. The number of benzene rings is 1. The smallest absolute Gasteiger partial charge is 0.0494 e. The molecule has 0 spiro atoms. The first-order chi connectivity index (χ1) is 6.09. The minimum Gasteiger partial charge on any atom is -0.249 e. The van der Waals surface area contributed by atoms with Gasteiger partial charge in [0.05, 0.1) is 0 Å². The molecule has 1 aliphatic carbocycles. The Bertz CT molecular complexity index is 341. The van der Waals surface area contributed by atoms with Gasteiger partial charge >= 0.3 is 0 Å². The summed E-state index contributed by atoms with van der Waals surface area (Å²) in [6, 6.07) is 4.42. The van der Waals surface area contributed by atoms with Crippen LogP contribution in [0.3, 0.4) is 0 Å². The maximum Gasteiger partial charge on any atom is 0.0494 e. The molecule has 13 heavy (non-hydrogen) atoms. The Morgan fingerprint density at radius 2 is 2.00 bits per heavy atom. The van der Waals surface area contributed by atoms with Gasteiger partial charge in [0.2, 0.25) is 0 Å². The average Bonchev–Trinajstić information content (AvgIpc) is 2.32. The van der Waals surface area contributed by atoms with Crippen molar-refractivity contribution in [3.05, 3.63) is 34.4 Å². The van der Waals surface area contributed by atoms with Gasteiger partial charge in [0.15, 0.2) is 0 Å². The highest BCUT2D eigenvalue weighted by molar-refractivity contribution is 5.43. The van der Waals surface area contributed by atoms with Gasteiger partial charge in [0.1, 0.15) is 0 Å². The predicted molar refractivity (Wildman–Crippen MR) is 54.6 cm³/mol. The van der Waals surface area contributed by atoms with Crippen LogP contribution in [0.2, 0.25) is 0 Å². The van der Waals surface area contributed by atoms with Crippen LogP contribution in [0.15, 0.2) is 12.1 Å². The van der Waals surface area contributed by atoms with E-state index >= 15 is 0 Å². The minimum absolute atomic E-state index is 0.00796. The van der Waals surface area contributed by atoms with E-state index in [-0.39, 0.29) is 6.04 Å². The molecule has 0 aromatic heterocycles. The highest BCUT2D eigenvalue weighted by Gasteiger charge is 2.27. The lowest BCUT2D eigenvalue weighted by Crippen LogP contribution is -2.03. The number of rotatable bonds is 0. The molecule has 0 unspecified atom stereocenters. The van der Waals surface area contributed by atoms with Gasteiger partial charge in [0.25, 0.3) is 0 Å². The lowest BCUT2D eigenvalue weighted by Gasteiger charge is -2.09. The predicted octanol–water partition coefficient (Wildman–Crippen LogP) is 2.82. The zero-order valence-corrected chi connectivity index (χ0v) is 8.52. The Morgan fingerprint density at radius 1 is 1.31 bits per heavy atom. The Morgan fingerprint density at radius 3 is 2.69 bits per heavy atom. The van der Waals surface area contributed by atoms with Crippen LogP contribution in [0.4, 0.5) is 0 Å². The summed E-state index contributed by atoms with van der Waals surface area (Å²) in [4.78, 5) is 0. The van der Waals surface area contributed by atoms with Gasteiger partial charge in [-0.25, -0.2) is 5.73 Å². The van der Waals surface area contributed by atoms with E-state index in [2.05, 4.69) is 32.9 Å². The van der Waals surface area contributed by atoms with Gasteiger partial charge in [-0.05, 0) is 42.9 Å². The fraction of sp³-hybridized carbons (Fsp3) is 0.500. The third kappa shape index (κ3) is 1.28. The third-order valence-corrected chi connectivity index (χ3v) is 3.08. The van der Waals surface area contributed by atoms with Crippen molar-refractivity contribution in [2.24, 2.45) is 5.92 Å². The fourth-order valence-corrected chi connectivity index (χ4v) is 2.33. The van der Waals surface area contributed by atoms with Gasteiger partial charge in [-0.3, -0.25) is 0 Å². The van der Waals surface area contributed by atoms with E-state index in [0.29, 0.717) is 5.92 Å². The molecular weight excluding hydrogens is 158 g/mol. The number of fused-ring (bicyclic) bond motifs is 1. The Labute approximate surface area is 80.0 Å². The van der Waals surface area contributed by atoms with Crippen molar-refractivity contribution in [2.45, 2.75) is 33.2 Å². The van der Waals surface area contributed by atoms with Gasteiger partial charge < -0.3 is 0 Å². The summed E-state index contributed by atoms with van der Waals surface area (Å²) >= 11 is 0. The Hall–Kier alpha value is -0.820. The van der Waals surface area contributed by atoms with Crippen molar-refractivity contribution in [1.29, 1.82) is 0 Å². The minimum atomic E-state index is 0.00796. The molecule has 69 valence electrons. The Kier molecular flexibility index (Phi) is 1.92. The first-order valence-electron chi connectivity index (χ1n) is 4.90. The van der Waals surface area contributed by atoms with Crippen LogP contribution in [-0.2, 0) is 6.42 Å².